The van der Waals surface area contributed by atoms with Gasteiger partial charge in [0.15, 0.2) is 17.2 Å². The normalized spacial score (nSPS) is 15.0. The smallest absolute Gasteiger partial charge is 0.272 e. The molecule has 2 aliphatic heterocycles. The molecule has 9 heteroatoms. The van der Waals surface area contributed by atoms with Crippen LogP contribution in [0.4, 0.5) is 0 Å². The number of H-pyrrole nitrogens is 1. The van der Waals surface area contributed by atoms with Gasteiger partial charge < -0.3 is 20.1 Å². The number of carbonyl (C=O) groups is 1. The lowest BCUT2D eigenvalue weighted by Gasteiger charge is -2.20. The number of ether oxygens (including phenoxy) is 2. The highest BCUT2D eigenvalue weighted by Crippen LogP contribution is 2.38. The monoisotopic (exact) mass is 398 g/mol. The molecule has 7 nitrogen and oxygen atoms in total. The molecule has 0 atom stereocenters. The predicted molar refractivity (Wildman–Crippen MR) is 99.7 cm³/mol. The van der Waals surface area contributed by atoms with Gasteiger partial charge in [-0.2, -0.15) is 5.10 Å². The lowest BCUT2D eigenvalue weighted by Crippen LogP contribution is -2.29. The van der Waals surface area contributed by atoms with Crippen molar-refractivity contribution < 1.29 is 14.3 Å². The number of hydrogen-bond acceptors (Lipinski definition) is 5. The van der Waals surface area contributed by atoms with Crippen molar-refractivity contribution in [2.75, 3.05) is 26.3 Å². The second-order valence-electron chi connectivity index (χ2n) is 6.06. The van der Waals surface area contributed by atoms with Crippen LogP contribution >= 0.6 is 24.0 Å². The van der Waals surface area contributed by atoms with Gasteiger partial charge in [0.2, 0.25) is 0 Å². The molecule has 140 valence electrons. The Bertz CT molecular complexity index is 810. The molecule has 0 spiro atoms. The molecule has 0 saturated heterocycles. The minimum atomic E-state index is -0.162. The van der Waals surface area contributed by atoms with Crippen LogP contribution in [0.5, 0.6) is 11.5 Å². The molecule has 26 heavy (non-hydrogen) atoms. The summed E-state index contributed by atoms with van der Waals surface area (Å²) in [5.74, 6) is 1.09. The average Bonchev–Trinajstić information content (AvgIpc) is 3.06. The van der Waals surface area contributed by atoms with Crippen LogP contribution in [0.15, 0.2) is 12.1 Å². The van der Waals surface area contributed by atoms with Crippen molar-refractivity contribution in [3.8, 4) is 11.5 Å². The Morgan fingerprint density at radius 2 is 2.15 bits per heavy atom. The van der Waals surface area contributed by atoms with Gasteiger partial charge in [-0.05, 0) is 24.1 Å². The summed E-state index contributed by atoms with van der Waals surface area (Å²) in [7, 11) is 0. The van der Waals surface area contributed by atoms with Crippen molar-refractivity contribution in [3.63, 3.8) is 0 Å². The molecule has 1 aromatic heterocycles. The summed E-state index contributed by atoms with van der Waals surface area (Å²) in [4.78, 5) is 12.4. The van der Waals surface area contributed by atoms with Crippen LogP contribution in [0, 0.1) is 0 Å². The summed E-state index contributed by atoms with van der Waals surface area (Å²) in [5.41, 5.74) is 3.47. The van der Waals surface area contributed by atoms with Gasteiger partial charge in [-0.25, -0.2) is 0 Å². The number of rotatable bonds is 4. The maximum absolute atomic E-state index is 12.4. The molecule has 0 saturated carbocycles. The van der Waals surface area contributed by atoms with E-state index in [0.29, 0.717) is 54.9 Å². The lowest BCUT2D eigenvalue weighted by molar-refractivity contribution is 0.0948. The van der Waals surface area contributed by atoms with Gasteiger partial charge in [0.25, 0.3) is 5.91 Å². The molecule has 2 aliphatic rings. The maximum atomic E-state index is 12.4. The molecule has 0 aliphatic carbocycles. The zero-order valence-electron chi connectivity index (χ0n) is 14.1. The molecule has 0 unspecified atom stereocenters. The largest absolute Gasteiger partial charge is 0.486 e. The SMILES string of the molecule is Cl.O=C(NCCc1cc(Cl)c2c(c1)OCCO2)c1n[nH]c2c1CNCC2. The van der Waals surface area contributed by atoms with Crippen molar-refractivity contribution in [2.45, 2.75) is 19.4 Å². The van der Waals surface area contributed by atoms with Crippen molar-refractivity contribution in [1.29, 1.82) is 0 Å². The van der Waals surface area contributed by atoms with Crippen molar-refractivity contribution in [1.82, 2.24) is 20.8 Å². The number of nitrogens with zero attached hydrogens (tertiary/aromatic N) is 1. The number of halogens is 2. The van der Waals surface area contributed by atoms with Gasteiger partial charge in [-0.1, -0.05) is 11.6 Å². The van der Waals surface area contributed by atoms with Crippen LogP contribution in [-0.4, -0.2) is 42.4 Å². The third-order valence-corrected chi connectivity index (χ3v) is 4.66. The number of aromatic nitrogens is 2. The summed E-state index contributed by atoms with van der Waals surface area (Å²) >= 11 is 6.24. The van der Waals surface area contributed by atoms with Gasteiger partial charge in [0, 0.05) is 37.3 Å². The fourth-order valence-electron chi connectivity index (χ4n) is 3.13. The predicted octanol–water partition coefficient (Wildman–Crippen LogP) is 1.87. The van der Waals surface area contributed by atoms with E-state index < -0.39 is 0 Å². The first-order valence-corrected chi connectivity index (χ1v) is 8.73. The minimum absolute atomic E-state index is 0. The lowest BCUT2D eigenvalue weighted by atomic mass is 10.1. The molecule has 0 radical (unpaired) electrons. The summed E-state index contributed by atoms with van der Waals surface area (Å²) < 4.78 is 11.1. The zero-order valence-corrected chi connectivity index (χ0v) is 15.6. The van der Waals surface area contributed by atoms with E-state index in [2.05, 4.69) is 20.8 Å². The van der Waals surface area contributed by atoms with Crippen LogP contribution in [0.1, 0.15) is 27.3 Å². The van der Waals surface area contributed by atoms with Gasteiger partial charge in [-0.15, -0.1) is 12.4 Å². The Hall–Kier alpha value is -1.96. The number of hydrogen-bond donors (Lipinski definition) is 3. The van der Waals surface area contributed by atoms with Crippen molar-refractivity contribution >= 4 is 29.9 Å². The Kier molecular flexibility index (Phi) is 5.90. The second-order valence-corrected chi connectivity index (χ2v) is 6.47. The van der Waals surface area contributed by atoms with E-state index in [1.54, 1.807) is 0 Å². The Labute approximate surface area is 162 Å². The van der Waals surface area contributed by atoms with E-state index in [1.807, 2.05) is 12.1 Å². The first-order chi connectivity index (χ1) is 12.2. The Balaban J connectivity index is 0.00000196. The standard InChI is InChI=1S/C17H19ClN4O3.ClH/c18-12-7-10(8-14-16(12)25-6-5-24-14)1-4-20-17(23)15-11-9-19-3-2-13(11)21-22-15;/h7-8,19H,1-6,9H2,(H,20,23)(H,21,22);1H. The molecule has 1 amide bonds. The number of carbonyl (C=O) groups excluding carboxylic acids is 1. The van der Waals surface area contributed by atoms with E-state index in [4.69, 9.17) is 21.1 Å². The summed E-state index contributed by atoms with van der Waals surface area (Å²) in [5, 5.41) is 13.8. The topological polar surface area (TPSA) is 88.3 Å². The first-order valence-electron chi connectivity index (χ1n) is 8.35. The van der Waals surface area contributed by atoms with Crippen LogP contribution in [0.3, 0.4) is 0 Å². The molecule has 0 bridgehead atoms. The zero-order chi connectivity index (χ0) is 17.2. The second kappa shape index (κ2) is 8.16. The molecule has 1 aromatic carbocycles. The average molecular weight is 399 g/mol. The van der Waals surface area contributed by atoms with E-state index in [0.717, 1.165) is 29.8 Å². The third kappa shape index (κ3) is 3.75. The fraction of sp³-hybridized carbons (Fsp3) is 0.412. The Morgan fingerprint density at radius 3 is 3.04 bits per heavy atom. The molecule has 3 heterocycles. The van der Waals surface area contributed by atoms with Crippen LogP contribution in [-0.2, 0) is 19.4 Å². The summed E-state index contributed by atoms with van der Waals surface area (Å²) in [6, 6.07) is 3.76. The van der Waals surface area contributed by atoms with Gasteiger partial charge in [0.05, 0.1) is 5.02 Å². The van der Waals surface area contributed by atoms with E-state index in [-0.39, 0.29) is 18.3 Å². The molecular formula is C17H20Cl2N4O3. The number of aromatic amines is 1. The molecule has 2 aromatic rings. The number of amides is 1. The number of fused-ring (bicyclic) bond motifs is 2. The molecular weight excluding hydrogens is 379 g/mol. The van der Waals surface area contributed by atoms with E-state index in [9.17, 15) is 4.79 Å². The van der Waals surface area contributed by atoms with Crippen LogP contribution < -0.4 is 20.1 Å². The fourth-order valence-corrected chi connectivity index (χ4v) is 3.41. The quantitative estimate of drug-likeness (QED) is 0.731. The van der Waals surface area contributed by atoms with Gasteiger partial charge in [-0.3, -0.25) is 9.89 Å². The van der Waals surface area contributed by atoms with Gasteiger partial charge >= 0.3 is 0 Å². The number of nitrogens with one attached hydrogen (secondary N) is 3. The van der Waals surface area contributed by atoms with E-state index in [1.165, 1.54) is 0 Å². The summed E-state index contributed by atoms with van der Waals surface area (Å²) in [6.07, 6.45) is 1.51. The maximum Gasteiger partial charge on any atom is 0.272 e. The molecule has 4 rings (SSSR count). The van der Waals surface area contributed by atoms with Crippen molar-refractivity contribution in [3.05, 3.63) is 39.7 Å². The highest BCUT2D eigenvalue weighted by Gasteiger charge is 2.21. The third-order valence-electron chi connectivity index (χ3n) is 4.38. The molecule has 0 fully saturated rings. The van der Waals surface area contributed by atoms with Crippen molar-refractivity contribution in [2.24, 2.45) is 0 Å². The Morgan fingerprint density at radius 1 is 1.31 bits per heavy atom. The van der Waals surface area contributed by atoms with E-state index >= 15 is 0 Å². The van der Waals surface area contributed by atoms with Crippen LogP contribution in [0.25, 0.3) is 0 Å². The first kappa shape index (κ1) is 18.8. The summed E-state index contributed by atoms with van der Waals surface area (Å²) in [6.45, 7) is 3.09. The number of benzene rings is 1. The highest BCUT2D eigenvalue weighted by molar-refractivity contribution is 6.32. The minimum Gasteiger partial charge on any atom is -0.486 e. The van der Waals surface area contributed by atoms with Gasteiger partial charge in [0.1, 0.15) is 13.2 Å². The molecule has 3 N–H and O–H groups in total. The van der Waals surface area contributed by atoms with Crippen LogP contribution in [0.2, 0.25) is 5.02 Å². The highest BCUT2D eigenvalue weighted by atomic mass is 35.5.